The van der Waals surface area contributed by atoms with Crippen LogP contribution in [0.1, 0.15) is 0 Å². The first-order chi connectivity index (χ1) is 7.43. The van der Waals surface area contributed by atoms with Gasteiger partial charge in [0, 0.05) is 29.5 Å². The third kappa shape index (κ3) is 1.49. The van der Waals surface area contributed by atoms with Gasteiger partial charge in [0.1, 0.15) is 5.01 Å². The molecule has 0 aliphatic heterocycles. The summed E-state index contributed by atoms with van der Waals surface area (Å²) in [5, 5.41) is 2.98. The Morgan fingerprint density at radius 1 is 0.867 bits per heavy atom. The molecule has 0 saturated heterocycles. The maximum Gasteiger partial charge on any atom is 0.123 e. The molecule has 4 heteroatoms. The molecule has 1 aromatic carbocycles. The van der Waals surface area contributed by atoms with E-state index in [4.69, 9.17) is 0 Å². The van der Waals surface area contributed by atoms with Crippen molar-refractivity contribution < 1.29 is 0 Å². The number of rotatable bonds is 1. The summed E-state index contributed by atoms with van der Waals surface area (Å²) in [7, 11) is 0. The topological polar surface area (TPSA) is 38.7 Å². The number of hydrogen-bond acceptors (Lipinski definition) is 4. The van der Waals surface area contributed by atoms with Crippen LogP contribution in [0.3, 0.4) is 0 Å². The molecular weight excluding hydrogens is 206 g/mol. The van der Waals surface area contributed by atoms with Gasteiger partial charge in [-0.05, 0) is 18.2 Å². The van der Waals surface area contributed by atoms with Crippen molar-refractivity contribution in [1.29, 1.82) is 0 Å². The summed E-state index contributed by atoms with van der Waals surface area (Å²) in [4.78, 5) is 12.8. The highest BCUT2D eigenvalue weighted by Gasteiger charge is 2.02. The highest BCUT2D eigenvalue weighted by atomic mass is 32.1. The predicted molar refractivity (Wildman–Crippen MR) is 60.6 cm³/mol. The second kappa shape index (κ2) is 3.40. The minimum Gasteiger partial charge on any atom is -0.253 e. The molecule has 3 rings (SSSR count). The van der Waals surface area contributed by atoms with Crippen molar-refractivity contribution in [3.05, 3.63) is 42.2 Å². The van der Waals surface area contributed by atoms with Crippen LogP contribution < -0.4 is 0 Å². The van der Waals surface area contributed by atoms with E-state index in [2.05, 4.69) is 15.0 Å². The first-order valence-electron chi connectivity index (χ1n) is 4.54. The standard InChI is InChI=1S/C11H7N3S/c1-2-9-10(13-4-3-12-9)7-8(1)11-14-5-6-15-11/h1-7H. The summed E-state index contributed by atoms with van der Waals surface area (Å²) in [5.74, 6) is 0. The van der Waals surface area contributed by atoms with Crippen LogP contribution in [0.2, 0.25) is 0 Å². The molecule has 15 heavy (non-hydrogen) atoms. The van der Waals surface area contributed by atoms with Gasteiger partial charge in [0.25, 0.3) is 0 Å². The van der Waals surface area contributed by atoms with Crippen LogP contribution in [-0.2, 0) is 0 Å². The van der Waals surface area contributed by atoms with Gasteiger partial charge < -0.3 is 0 Å². The fraction of sp³-hybridized carbons (Fsp3) is 0. The molecule has 2 aromatic heterocycles. The van der Waals surface area contributed by atoms with Crippen LogP contribution >= 0.6 is 11.3 Å². The summed E-state index contributed by atoms with van der Waals surface area (Å²) >= 11 is 1.63. The molecule has 0 bridgehead atoms. The van der Waals surface area contributed by atoms with Gasteiger partial charge in [-0.25, -0.2) is 4.98 Å². The van der Waals surface area contributed by atoms with Crippen molar-refractivity contribution in [3.8, 4) is 10.6 Å². The lowest BCUT2D eigenvalue weighted by Gasteiger charge is -1.98. The number of aromatic nitrogens is 3. The molecule has 3 nitrogen and oxygen atoms in total. The van der Waals surface area contributed by atoms with Crippen molar-refractivity contribution in [2.75, 3.05) is 0 Å². The van der Waals surface area contributed by atoms with Crippen LogP contribution in [0, 0.1) is 0 Å². The van der Waals surface area contributed by atoms with E-state index in [9.17, 15) is 0 Å². The van der Waals surface area contributed by atoms with Crippen molar-refractivity contribution >= 4 is 22.4 Å². The third-order valence-electron chi connectivity index (χ3n) is 2.15. The Morgan fingerprint density at radius 2 is 1.73 bits per heavy atom. The summed E-state index contributed by atoms with van der Waals surface area (Å²) in [5.41, 5.74) is 2.92. The van der Waals surface area contributed by atoms with E-state index >= 15 is 0 Å². The van der Waals surface area contributed by atoms with E-state index < -0.39 is 0 Å². The first-order valence-corrected chi connectivity index (χ1v) is 5.42. The molecule has 0 N–H and O–H groups in total. The number of fused-ring (bicyclic) bond motifs is 1. The van der Waals surface area contributed by atoms with E-state index in [0.29, 0.717) is 0 Å². The van der Waals surface area contributed by atoms with Gasteiger partial charge in [0.2, 0.25) is 0 Å². The van der Waals surface area contributed by atoms with Gasteiger partial charge in [-0.2, -0.15) is 0 Å². The fourth-order valence-corrected chi connectivity index (χ4v) is 2.10. The van der Waals surface area contributed by atoms with E-state index in [1.807, 2.05) is 23.6 Å². The zero-order valence-corrected chi connectivity index (χ0v) is 8.61. The molecular formula is C11H7N3S. The fourth-order valence-electron chi connectivity index (χ4n) is 1.46. The zero-order chi connectivity index (χ0) is 10.1. The van der Waals surface area contributed by atoms with Crippen LogP contribution in [0.4, 0.5) is 0 Å². The minimum absolute atomic E-state index is 0.908. The number of hydrogen-bond donors (Lipinski definition) is 0. The molecule has 0 aliphatic carbocycles. The predicted octanol–water partition coefficient (Wildman–Crippen LogP) is 2.75. The quantitative estimate of drug-likeness (QED) is 0.624. The van der Waals surface area contributed by atoms with Crippen LogP contribution in [0.25, 0.3) is 21.6 Å². The SMILES string of the molecule is c1csc(-c2ccc3nccnc3c2)n1. The normalized spacial score (nSPS) is 10.7. The molecule has 0 fully saturated rings. The van der Waals surface area contributed by atoms with Crippen molar-refractivity contribution in [3.63, 3.8) is 0 Å². The molecule has 0 unspecified atom stereocenters. The van der Waals surface area contributed by atoms with Gasteiger partial charge in [-0.1, -0.05) is 0 Å². The van der Waals surface area contributed by atoms with Crippen LogP contribution in [0.5, 0.6) is 0 Å². The summed E-state index contributed by atoms with van der Waals surface area (Å²) in [6.45, 7) is 0. The van der Waals surface area contributed by atoms with Crippen LogP contribution in [-0.4, -0.2) is 15.0 Å². The first kappa shape index (κ1) is 8.49. The lowest BCUT2D eigenvalue weighted by molar-refractivity contribution is 1.29. The van der Waals surface area contributed by atoms with Gasteiger partial charge in [-0.15, -0.1) is 11.3 Å². The number of thiazole rings is 1. The number of nitrogens with zero attached hydrogens (tertiary/aromatic N) is 3. The lowest BCUT2D eigenvalue weighted by Crippen LogP contribution is -1.83. The van der Waals surface area contributed by atoms with Crippen molar-refractivity contribution in [2.24, 2.45) is 0 Å². The third-order valence-corrected chi connectivity index (χ3v) is 2.97. The molecule has 3 aromatic rings. The maximum atomic E-state index is 4.27. The Morgan fingerprint density at radius 3 is 2.53 bits per heavy atom. The molecule has 0 radical (unpaired) electrons. The van der Waals surface area contributed by atoms with E-state index in [0.717, 1.165) is 21.6 Å². The summed E-state index contributed by atoms with van der Waals surface area (Å²) < 4.78 is 0. The van der Waals surface area contributed by atoms with E-state index in [-0.39, 0.29) is 0 Å². The van der Waals surface area contributed by atoms with Crippen LogP contribution in [0.15, 0.2) is 42.2 Å². The molecule has 0 spiro atoms. The molecule has 72 valence electrons. The molecule has 0 atom stereocenters. The highest BCUT2D eigenvalue weighted by Crippen LogP contribution is 2.23. The van der Waals surface area contributed by atoms with Crippen molar-refractivity contribution in [2.45, 2.75) is 0 Å². The summed E-state index contributed by atoms with van der Waals surface area (Å²) in [6, 6.07) is 6.01. The Labute approximate surface area is 90.5 Å². The Bertz CT molecular complexity index is 590. The minimum atomic E-state index is 0.908. The van der Waals surface area contributed by atoms with E-state index in [1.165, 1.54) is 0 Å². The monoisotopic (exact) mass is 213 g/mol. The Balaban J connectivity index is 2.22. The van der Waals surface area contributed by atoms with Crippen molar-refractivity contribution in [1.82, 2.24) is 15.0 Å². The average molecular weight is 213 g/mol. The molecule has 0 aliphatic rings. The Hall–Kier alpha value is -1.81. The number of benzene rings is 1. The van der Waals surface area contributed by atoms with Gasteiger partial charge in [-0.3, -0.25) is 9.97 Å². The molecule has 2 heterocycles. The zero-order valence-electron chi connectivity index (χ0n) is 7.79. The Kier molecular flexibility index (Phi) is 1.93. The average Bonchev–Trinajstić information content (AvgIpc) is 2.82. The second-order valence-corrected chi connectivity index (χ2v) is 3.99. The van der Waals surface area contributed by atoms with Gasteiger partial charge >= 0.3 is 0 Å². The lowest BCUT2D eigenvalue weighted by atomic mass is 10.2. The maximum absolute atomic E-state index is 4.27. The molecule has 0 amide bonds. The van der Waals surface area contributed by atoms with E-state index in [1.54, 1.807) is 29.9 Å². The smallest absolute Gasteiger partial charge is 0.123 e. The largest absolute Gasteiger partial charge is 0.253 e. The second-order valence-electron chi connectivity index (χ2n) is 3.10. The molecule has 0 saturated carbocycles. The summed E-state index contributed by atoms with van der Waals surface area (Å²) in [6.07, 6.45) is 5.21. The van der Waals surface area contributed by atoms with Gasteiger partial charge in [0.15, 0.2) is 0 Å². The van der Waals surface area contributed by atoms with Gasteiger partial charge in [0.05, 0.1) is 11.0 Å². The highest BCUT2D eigenvalue weighted by molar-refractivity contribution is 7.13.